The minimum absolute atomic E-state index is 0.0445. The summed E-state index contributed by atoms with van der Waals surface area (Å²) >= 11 is 0. The molecule has 96 valence electrons. The summed E-state index contributed by atoms with van der Waals surface area (Å²) in [5, 5.41) is 9.62. The molecule has 0 aliphatic carbocycles. The lowest BCUT2D eigenvalue weighted by Gasteiger charge is -2.12. The standard InChI is InChI=1S/C13H14O5/c1-16-11-8(3-4-10(14)15)7-9-5-6-18-12(9)13(11)17-2/h5-7H,3-4H2,1-2H3,(H,14,15). The van der Waals surface area contributed by atoms with Crippen molar-refractivity contribution in [2.45, 2.75) is 12.8 Å². The maximum atomic E-state index is 10.6. The van der Waals surface area contributed by atoms with Crippen molar-refractivity contribution in [1.82, 2.24) is 0 Å². The molecule has 18 heavy (non-hydrogen) atoms. The number of aryl methyl sites for hydroxylation is 1. The van der Waals surface area contributed by atoms with Gasteiger partial charge in [0.05, 0.1) is 20.5 Å². The molecule has 0 bridgehead atoms. The Morgan fingerprint density at radius 1 is 1.33 bits per heavy atom. The summed E-state index contributed by atoms with van der Waals surface area (Å²) in [6.07, 6.45) is 1.99. The van der Waals surface area contributed by atoms with Crippen LogP contribution in [-0.4, -0.2) is 25.3 Å². The first-order chi connectivity index (χ1) is 8.67. The third kappa shape index (κ3) is 2.11. The Balaban J connectivity index is 2.53. The van der Waals surface area contributed by atoms with Crippen molar-refractivity contribution >= 4 is 16.9 Å². The lowest BCUT2D eigenvalue weighted by Crippen LogP contribution is -2.01. The van der Waals surface area contributed by atoms with Gasteiger partial charge in [0.15, 0.2) is 11.3 Å². The van der Waals surface area contributed by atoms with Gasteiger partial charge in [0.25, 0.3) is 0 Å². The van der Waals surface area contributed by atoms with Gasteiger partial charge in [-0.15, -0.1) is 0 Å². The summed E-state index contributed by atoms with van der Waals surface area (Å²) in [5.74, 6) is 0.185. The van der Waals surface area contributed by atoms with Crippen LogP contribution in [-0.2, 0) is 11.2 Å². The number of rotatable bonds is 5. The maximum absolute atomic E-state index is 10.6. The van der Waals surface area contributed by atoms with Gasteiger partial charge in [0, 0.05) is 11.8 Å². The first kappa shape index (κ1) is 12.3. The highest BCUT2D eigenvalue weighted by molar-refractivity contribution is 5.87. The van der Waals surface area contributed by atoms with E-state index in [1.807, 2.05) is 12.1 Å². The van der Waals surface area contributed by atoms with Gasteiger partial charge in [0.2, 0.25) is 5.75 Å². The van der Waals surface area contributed by atoms with Crippen LogP contribution in [0.25, 0.3) is 11.0 Å². The minimum atomic E-state index is -0.844. The number of hydrogen-bond donors (Lipinski definition) is 1. The largest absolute Gasteiger partial charge is 0.492 e. The fourth-order valence-corrected chi connectivity index (χ4v) is 1.96. The summed E-state index contributed by atoms with van der Waals surface area (Å²) in [6.45, 7) is 0. The highest BCUT2D eigenvalue weighted by Crippen LogP contribution is 2.39. The van der Waals surface area contributed by atoms with Crippen LogP contribution in [0.2, 0.25) is 0 Å². The number of carboxylic acid groups (broad SMARTS) is 1. The van der Waals surface area contributed by atoms with Gasteiger partial charge < -0.3 is 19.0 Å². The van der Waals surface area contributed by atoms with Gasteiger partial charge in [-0.2, -0.15) is 0 Å². The number of methoxy groups -OCH3 is 2. The van der Waals surface area contributed by atoms with Gasteiger partial charge in [0.1, 0.15) is 0 Å². The molecule has 0 saturated carbocycles. The van der Waals surface area contributed by atoms with E-state index < -0.39 is 5.97 Å². The Kier molecular flexibility index (Phi) is 3.41. The summed E-state index contributed by atoms with van der Waals surface area (Å²) in [4.78, 5) is 10.6. The molecule has 0 atom stereocenters. The number of furan rings is 1. The van der Waals surface area contributed by atoms with E-state index in [2.05, 4.69) is 0 Å². The summed E-state index contributed by atoms with van der Waals surface area (Å²) in [6, 6.07) is 3.67. The highest BCUT2D eigenvalue weighted by atomic mass is 16.5. The van der Waals surface area contributed by atoms with E-state index in [1.165, 1.54) is 14.2 Å². The monoisotopic (exact) mass is 250 g/mol. The zero-order valence-corrected chi connectivity index (χ0v) is 10.2. The number of carbonyl (C=O) groups is 1. The first-order valence-electron chi connectivity index (χ1n) is 5.50. The van der Waals surface area contributed by atoms with Crippen LogP contribution in [0, 0.1) is 0 Å². The van der Waals surface area contributed by atoms with E-state index in [0.717, 1.165) is 10.9 Å². The Labute approximate surface area is 104 Å². The smallest absolute Gasteiger partial charge is 0.303 e. The molecular formula is C13H14O5. The number of ether oxygens (including phenoxy) is 2. The van der Waals surface area contributed by atoms with Crippen molar-refractivity contribution in [2.75, 3.05) is 14.2 Å². The number of aliphatic carboxylic acids is 1. The molecule has 5 heteroatoms. The fourth-order valence-electron chi connectivity index (χ4n) is 1.96. The van der Waals surface area contributed by atoms with Gasteiger partial charge in [-0.05, 0) is 24.1 Å². The van der Waals surface area contributed by atoms with Crippen LogP contribution in [0.4, 0.5) is 0 Å². The zero-order chi connectivity index (χ0) is 13.1. The molecule has 2 aromatic rings. The average Bonchev–Trinajstić information content (AvgIpc) is 2.81. The third-order valence-corrected chi connectivity index (χ3v) is 2.75. The minimum Gasteiger partial charge on any atom is -0.492 e. The van der Waals surface area contributed by atoms with Crippen molar-refractivity contribution in [3.8, 4) is 11.5 Å². The Morgan fingerprint density at radius 3 is 2.67 bits per heavy atom. The molecule has 2 rings (SSSR count). The topological polar surface area (TPSA) is 68.9 Å². The van der Waals surface area contributed by atoms with Gasteiger partial charge in [-0.25, -0.2) is 0 Å². The average molecular weight is 250 g/mol. The quantitative estimate of drug-likeness (QED) is 0.882. The van der Waals surface area contributed by atoms with Crippen molar-refractivity contribution in [3.05, 3.63) is 24.0 Å². The molecule has 1 heterocycles. The highest BCUT2D eigenvalue weighted by Gasteiger charge is 2.17. The lowest BCUT2D eigenvalue weighted by atomic mass is 10.1. The molecule has 0 aliphatic rings. The van der Waals surface area contributed by atoms with Gasteiger partial charge in [-0.1, -0.05) is 0 Å². The summed E-state index contributed by atoms with van der Waals surface area (Å²) in [7, 11) is 3.05. The molecule has 0 radical (unpaired) electrons. The van der Waals surface area contributed by atoms with E-state index in [9.17, 15) is 4.79 Å². The van der Waals surface area contributed by atoms with Gasteiger partial charge in [-0.3, -0.25) is 4.79 Å². The second kappa shape index (κ2) is 5.00. The molecule has 0 aliphatic heterocycles. The number of carboxylic acids is 1. The van der Waals surface area contributed by atoms with E-state index in [1.54, 1.807) is 6.26 Å². The fraction of sp³-hybridized carbons (Fsp3) is 0.308. The molecule has 0 saturated heterocycles. The second-order valence-electron chi connectivity index (χ2n) is 3.83. The zero-order valence-electron chi connectivity index (χ0n) is 10.2. The van der Waals surface area contributed by atoms with Crippen molar-refractivity contribution in [3.63, 3.8) is 0 Å². The molecule has 1 aromatic carbocycles. The molecule has 0 unspecified atom stereocenters. The molecule has 1 aromatic heterocycles. The summed E-state index contributed by atoms with van der Waals surface area (Å²) in [5.41, 5.74) is 1.40. The molecule has 0 fully saturated rings. The first-order valence-corrected chi connectivity index (χ1v) is 5.50. The second-order valence-corrected chi connectivity index (χ2v) is 3.83. The Hall–Kier alpha value is -2.17. The normalized spacial score (nSPS) is 10.6. The summed E-state index contributed by atoms with van der Waals surface area (Å²) < 4.78 is 15.9. The predicted octanol–water partition coefficient (Wildman–Crippen LogP) is 2.47. The van der Waals surface area contributed by atoms with E-state index in [4.69, 9.17) is 19.0 Å². The SMILES string of the molecule is COc1c(CCC(=O)O)cc2ccoc2c1OC. The Bertz CT molecular complexity index is 570. The third-order valence-electron chi connectivity index (χ3n) is 2.75. The number of hydrogen-bond acceptors (Lipinski definition) is 4. The molecule has 0 amide bonds. The Morgan fingerprint density at radius 2 is 2.06 bits per heavy atom. The maximum Gasteiger partial charge on any atom is 0.303 e. The van der Waals surface area contributed by atoms with Crippen LogP contribution >= 0.6 is 0 Å². The van der Waals surface area contributed by atoms with Crippen molar-refractivity contribution in [1.29, 1.82) is 0 Å². The van der Waals surface area contributed by atoms with Crippen molar-refractivity contribution < 1.29 is 23.8 Å². The van der Waals surface area contributed by atoms with Crippen LogP contribution in [0.15, 0.2) is 22.8 Å². The van der Waals surface area contributed by atoms with E-state index >= 15 is 0 Å². The predicted molar refractivity (Wildman–Crippen MR) is 65.3 cm³/mol. The molecular weight excluding hydrogens is 236 g/mol. The van der Waals surface area contributed by atoms with Crippen LogP contribution in [0.5, 0.6) is 11.5 Å². The lowest BCUT2D eigenvalue weighted by molar-refractivity contribution is -0.136. The number of fused-ring (bicyclic) bond motifs is 1. The van der Waals surface area contributed by atoms with Crippen LogP contribution < -0.4 is 9.47 Å². The molecule has 0 spiro atoms. The van der Waals surface area contributed by atoms with Gasteiger partial charge >= 0.3 is 5.97 Å². The molecule has 1 N–H and O–H groups in total. The van der Waals surface area contributed by atoms with E-state index in [0.29, 0.717) is 23.5 Å². The molecule has 5 nitrogen and oxygen atoms in total. The van der Waals surface area contributed by atoms with Crippen LogP contribution in [0.3, 0.4) is 0 Å². The van der Waals surface area contributed by atoms with Crippen LogP contribution in [0.1, 0.15) is 12.0 Å². The van der Waals surface area contributed by atoms with E-state index in [-0.39, 0.29) is 6.42 Å². The van der Waals surface area contributed by atoms with Crippen molar-refractivity contribution in [2.24, 2.45) is 0 Å². The number of benzene rings is 1.